The van der Waals surface area contributed by atoms with Gasteiger partial charge in [-0.3, -0.25) is 9.69 Å². The van der Waals surface area contributed by atoms with Crippen molar-refractivity contribution in [3.8, 4) is 0 Å². The molecular weight excluding hydrogens is 306 g/mol. The molecular formula is C18H23N3OS. The van der Waals surface area contributed by atoms with Gasteiger partial charge in [-0.15, -0.1) is 11.3 Å². The van der Waals surface area contributed by atoms with Crippen molar-refractivity contribution in [1.29, 1.82) is 0 Å². The van der Waals surface area contributed by atoms with E-state index in [1.54, 1.807) is 11.3 Å². The maximum absolute atomic E-state index is 12.2. The van der Waals surface area contributed by atoms with Gasteiger partial charge in [-0.05, 0) is 45.0 Å². The first-order valence-corrected chi connectivity index (χ1v) is 9.09. The molecule has 1 fully saturated rings. The number of hydrogen-bond donors (Lipinski definition) is 1. The molecule has 0 aliphatic carbocycles. The fraction of sp³-hybridized carbons (Fsp3) is 0.444. The van der Waals surface area contributed by atoms with Crippen LogP contribution in [0.1, 0.15) is 45.9 Å². The molecule has 3 rings (SSSR count). The number of thiazole rings is 1. The molecule has 1 amide bonds. The molecule has 5 heteroatoms. The highest BCUT2D eigenvalue weighted by molar-refractivity contribution is 7.09. The number of nitrogens with one attached hydrogen (secondary N) is 1. The molecule has 1 aromatic heterocycles. The third-order valence-corrected chi connectivity index (χ3v) is 5.01. The second kappa shape index (κ2) is 7.70. The zero-order chi connectivity index (χ0) is 16.1. The summed E-state index contributed by atoms with van der Waals surface area (Å²) in [7, 11) is 0. The van der Waals surface area contributed by atoms with Crippen LogP contribution in [0, 0.1) is 6.92 Å². The molecule has 2 aromatic rings. The number of hydrogen-bond acceptors (Lipinski definition) is 4. The van der Waals surface area contributed by atoms with E-state index in [4.69, 9.17) is 0 Å². The van der Waals surface area contributed by atoms with Gasteiger partial charge in [0.15, 0.2) is 0 Å². The standard InChI is InChI=1S/C18H23N3OS/c1-14-6-5-7-15(10-14)18(22)19-11-17-20-16(13-23-17)12-21-8-3-2-4-9-21/h5-7,10,13H,2-4,8-9,11-12H2,1H3,(H,19,22). The first-order chi connectivity index (χ1) is 11.2. The summed E-state index contributed by atoms with van der Waals surface area (Å²) in [5.74, 6) is -0.0403. The fourth-order valence-electron chi connectivity index (χ4n) is 2.89. The number of benzene rings is 1. The Morgan fingerprint density at radius 1 is 1.30 bits per heavy atom. The van der Waals surface area contributed by atoms with E-state index in [-0.39, 0.29) is 5.91 Å². The summed E-state index contributed by atoms with van der Waals surface area (Å²) in [6.45, 7) is 5.78. The summed E-state index contributed by atoms with van der Waals surface area (Å²) in [4.78, 5) is 19.3. The van der Waals surface area contributed by atoms with Crippen molar-refractivity contribution in [3.05, 3.63) is 51.5 Å². The second-order valence-corrected chi connectivity index (χ2v) is 7.06. The van der Waals surface area contributed by atoms with Crippen LogP contribution in [-0.2, 0) is 13.1 Å². The molecule has 0 radical (unpaired) electrons. The van der Waals surface area contributed by atoms with E-state index >= 15 is 0 Å². The van der Waals surface area contributed by atoms with Crippen LogP contribution in [0.25, 0.3) is 0 Å². The topological polar surface area (TPSA) is 45.2 Å². The molecule has 1 aromatic carbocycles. The van der Waals surface area contributed by atoms with E-state index in [9.17, 15) is 4.79 Å². The maximum atomic E-state index is 12.2. The van der Waals surface area contributed by atoms with Crippen LogP contribution in [-0.4, -0.2) is 28.9 Å². The van der Waals surface area contributed by atoms with Gasteiger partial charge in [-0.1, -0.05) is 24.1 Å². The Morgan fingerprint density at radius 3 is 2.91 bits per heavy atom. The minimum Gasteiger partial charge on any atom is -0.346 e. The van der Waals surface area contributed by atoms with Gasteiger partial charge in [-0.25, -0.2) is 4.98 Å². The quantitative estimate of drug-likeness (QED) is 0.915. The van der Waals surface area contributed by atoms with Gasteiger partial charge in [0.2, 0.25) is 0 Å². The summed E-state index contributed by atoms with van der Waals surface area (Å²) in [6, 6.07) is 7.64. The zero-order valence-corrected chi connectivity index (χ0v) is 14.4. The second-order valence-electron chi connectivity index (χ2n) is 6.12. The number of likely N-dealkylation sites (tertiary alicyclic amines) is 1. The normalized spacial score (nSPS) is 15.5. The van der Waals surface area contributed by atoms with Crippen molar-refractivity contribution in [2.45, 2.75) is 39.3 Å². The molecule has 4 nitrogen and oxygen atoms in total. The number of nitrogens with zero attached hydrogens (tertiary/aromatic N) is 2. The van der Waals surface area contributed by atoms with E-state index in [2.05, 4.69) is 20.6 Å². The van der Waals surface area contributed by atoms with E-state index in [0.29, 0.717) is 12.1 Å². The number of amides is 1. The van der Waals surface area contributed by atoms with Crippen molar-refractivity contribution in [1.82, 2.24) is 15.2 Å². The predicted octanol–water partition coefficient (Wildman–Crippen LogP) is 3.37. The highest BCUT2D eigenvalue weighted by Crippen LogP contribution is 2.15. The molecule has 0 atom stereocenters. The molecule has 1 aliphatic rings. The van der Waals surface area contributed by atoms with Crippen molar-refractivity contribution < 1.29 is 4.79 Å². The Labute approximate surface area is 141 Å². The predicted molar refractivity (Wildman–Crippen MR) is 93.6 cm³/mol. The van der Waals surface area contributed by atoms with Crippen LogP contribution in [0.15, 0.2) is 29.6 Å². The lowest BCUT2D eigenvalue weighted by Crippen LogP contribution is -2.29. The Morgan fingerprint density at radius 2 is 2.13 bits per heavy atom. The first kappa shape index (κ1) is 16.1. The molecule has 0 unspecified atom stereocenters. The van der Waals surface area contributed by atoms with Crippen molar-refractivity contribution in [3.63, 3.8) is 0 Å². The fourth-order valence-corrected chi connectivity index (χ4v) is 3.62. The highest BCUT2D eigenvalue weighted by Gasteiger charge is 2.13. The minimum atomic E-state index is -0.0403. The van der Waals surface area contributed by atoms with Gasteiger partial charge >= 0.3 is 0 Å². The lowest BCUT2D eigenvalue weighted by Gasteiger charge is -2.25. The SMILES string of the molecule is Cc1cccc(C(=O)NCc2nc(CN3CCCCC3)cs2)c1. The summed E-state index contributed by atoms with van der Waals surface area (Å²) in [5, 5.41) is 6.04. The number of piperidine rings is 1. The molecule has 1 aliphatic heterocycles. The van der Waals surface area contributed by atoms with Crippen molar-refractivity contribution in [2.24, 2.45) is 0 Å². The summed E-state index contributed by atoms with van der Waals surface area (Å²) < 4.78 is 0. The summed E-state index contributed by atoms with van der Waals surface area (Å²) in [6.07, 6.45) is 3.94. The molecule has 0 saturated carbocycles. The number of carbonyl (C=O) groups is 1. The molecule has 1 N–H and O–H groups in total. The van der Waals surface area contributed by atoms with Gasteiger partial charge < -0.3 is 5.32 Å². The van der Waals surface area contributed by atoms with Crippen LogP contribution in [0.2, 0.25) is 0 Å². The lowest BCUT2D eigenvalue weighted by molar-refractivity contribution is 0.0950. The molecule has 1 saturated heterocycles. The third-order valence-electron chi connectivity index (χ3n) is 4.11. The Hall–Kier alpha value is -1.72. The Kier molecular flexibility index (Phi) is 5.41. The molecule has 0 bridgehead atoms. The summed E-state index contributed by atoms with van der Waals surface area (Å²) in [5.41, 5.74) is 2.92. The van der Waals surface area contributed by atoms with Crippen molar-refractivity contribution >= 4 is 17.2 Å². The molecule has 0 spiro atoms. The van der Waals surface area contributed by atoms with E-state index < -0.39 is 0 Å². The van der Waals surface area contributed by atoms with Gasteiger partial charge in [0.25, 0.3) is 5.91 Å². The van der Waals surface area contributed by atoms with E-state index in [0.717, 1.165) is 22.8 Å². The van der Waals surface area contributed by atoms with E-state index in [1.807, 2.05) is 31.2 Å². The zero-order valence-electron chi connectivity index (χ0n) is 13.5. The van der Waals surface area contributed by atoms with Crippen LogP contribution in [0.3, 0.4) is 0 Å². The first-order valence-electron chi connectivity index (χ1n) is 8.21. The van der Waals surface area contributed by atoms with Gasteiger partial charge in [-0.2, -0.15) is 0 Å². The van der Waals surface area contributed by atoms with Crippen LogP contribution in [0.5, 0.6) is 0 Å². The number of aryl methyl sites for hydroxylation is 1. The van der Waals surface area contributed by atoms with Crippen LogP contribution in [0.4, 0.5) is 0 Å². The van der Waals surface area contributed by atoms with Crippen LogP contribution < -0.4 is 5.32 Å². The molecule has 2 heterocycles. The maximum Gasteiger partial charge on any atom is 0.251 e. The largest absolute Gasteiger partial charge is 0.346 e. The lowest BCUT2D eigenvalue weighted by atomic mass is 10.1. The average molecular weight is 329 g/mol. The minimum absolute atomic E-state index is 0.0403. The van der Waals surface area contributed by atoms with E-state index in [1.165, 1.54) is 32.4 Å². The van der Waals surface area contributed by atoms with Gasteiger partial charge in [0.05, 0.1) is 12.2 Å². The van der Waals surface area contributed by atoms with Gasteiger partial charge in [0.1, 0.15) is 5.01 Å². The third kappa shape index (κ3) is 4.62. The Bertz CT molecular complexity index is 662. The number of aromatic nitrogens is 1. The van der Waals surface area contributed by atoms with Crippen molar-refractivity contribution in [2.75, 3.05) is 13.1 Å². The molecule has 23 heavy (non-hydrogen) atoms. The molecule has 122 valence electrons. The smallest absolute Gasteiger partial charge is 0.251 e. The van der Waals surface area contributed by atoms with Crippen LogP contribution >= 0.6 is 11.3 Å². The highest BCUT2D eigenvalue weighted by atomic mass is 32.1. The number of rotatable bonds is 5. The number of carbonyl (C=O) groups excluding carboxylic acids is 1. The Balaban J connectivity index is 1.51. The monoisotopic (exact) mass is 329 g/mol. The average Bonchev–Trinajstić information content (AvgIpc) is 3.01. The van der Waals surface area contributed by atoms with Gasteiger partial charge in [0, 0.05) is 17.5 Å². The summed E-state index contributed by atoms with van der Waals surface area (Å²) >= 11 is 1.63.